The van der Waals surface area contributed by atoms with Crippen LogP contribution in [0.2, 0.25) is 0 Å². The van der Waals surface area contributed by atoms with E-state index in [0.717, 1.165) is 24.6 Å². The lowest BCUT2D eigenvalue weighted by Crippen LogP contribution is -2.43. The summed E-state index contributed by atoms with van der Waals surface area (Å²) in [6.07, 6.45) is 2.06. The summed E-state index contributed by atoms with van der Waals surface area (Å²) in [5.41, 5.74) is 0. The molecule has 5 heteroatoms. The van der Waals surface area contributed by atoms with Crippen molar-refractivity contribution in [3.63, 3.8) is 0 Å². The quantitative estimate of drug-likeness (QED) is 0.732. The van der Waals surface area contributed by atoms with Gasteiger partial charge in [-0.15, -0.1) is 0 Å². The molecule has 2 unspecified atom stereocenters. The monoisotopic (exact) mass is 276 g/mol. The van der Waals surface area contributed by atoms with E-state index in [1.54, 1.807) is 19.0 Å². The first kappa shape index (κ1) is 16.7. The van der Waals surface area contributed by atoms with Crippen LogP contribution in [-0.2, 0) is 0 Å². The minimum atomic E-state index is -0.00777. The number of thioether (sulfide) groups is 1. The molecule has 0 spiro atoms. The van der Waals surface area contributed by atoms with Crippen LogP contribution in [0.15, 0.2) is 0 Å². The normalized spacial score (nSPS) is 14.0. The molecule has 0 fully saturated rings. The maximum atomic E-state index is 11.7. The molecule has 0 heterocycles. The second-order valence-corrected chi connectivity index (χ2v) is 6.04. The second-order valence-electron chi connectivity index (χ2n) is 4.45. The molecule has 0 aromatic rings. The molecule has 0 aliphatic carbocycles. The van der Waals surface area contributed by atoms with E-state index in [1.807, 2.05) is 0 Å². The Kier molecular flexibility index (Phi) is 7.79. The molecule has 0 saturated carbocycles. The SMILES string of the molecule is CCC(C)N(C(=S)SC(=O)N(C)C)C(C)CC. The van der Waals surface area contributed by atoms with Crippen molar-refractivity contribution in [2.75, 3.05) is 14.1 Å². The molecule has 0 aromatic carbocycles. The number of carbonyl (C=O) groups excluding carboxylic acids is 1. The van der Waals surface area contributed by atoms with Gasteiger partial charge in [0, 0.05) is 37.9 Å². The van der Waals surface area contributed by atoms with Gasteiger partial charge in [0.05, 0.1) is 0 Å². The predicted octanol–water partition coefficient (Wildman–Crippen LogP) is 3.59. The molecule has 0 N–H and O–H groups in total. The molecule has 0 aromatic heterocycles. The Bertz CT molecular complexity index is 259. The highest BCUT2D eigenvalue weighted by Crippen LogP contribution is 2.21. The van der Waals surface area contributed by atoms with E-state index in [9.17, 15) is 4.79 Å². The molecule has 0 aliphatic rings. The van der Waals surface area contributed by atoms with Crippen molar-refractivity contribution in [2.45, 2.75) is 52.6 Å². The van der Waals surface area contributed by atoms with Crippen molar-refractivity contribution in [2.24, 2.45) is 0 Å². The van der Waals surface area contributed by atoms with E-state index >= 15 is 0 Å². The molecule has 0 rings (SSSR count). The van der Waals surface area contributed by atoms with Gasteiger partial charge < -0.3 is 9.80 Å². The minimum absolute atomic E-state index is 0.00777. The number of hydrogen-bond donors (Lipinski definition) is 0. The summed E-state index contributed by atoms with van der Waals surface area (Å²) in [5, 5.41) is -0.00777. The van der Waals surface area contributed by atoms with Gasteiger partial charge in [-0.3, -0.25) is 4.79 Å². The zero-order valence-corrected chi connectivity index (χ0v) is 13.3. The summed E-state index contributed by atoms with van der Waals surface area (Å²) in [7, 11) is 3.49. The molecule has 0 radical (unpaired) electrons. The van der Waals surface area contributed by atoms with Crippen molar-refractivity contribution in [1.29, 1.82) is 0 Å². The Labute approximate surface area is 115 Å². The third kappa shape index (κ3) is 5.25. The zero-order valence-electron chi connectivity index (χ0n) is 11.7. The van der Waals surface area contributed by atoms with E-state index in [0.29, 0.717) is 16.4 Å². The number of hydrogen-bond acceptors (Lipinski definition) is 3. The average molecular weight is 276 g/mol. The van der Waals surface area contributed by atoms with Crippen molar-refractivity contribution < 1.29 is 4.79 Å². The van der Waals surface area contributed by atoms with Crippen molar-refractivity contribution >= 4 is 33.5 Å². The molecule has 17 heavy (non-hydrogen) atoms. The summed E-state index contributed by atoms with van der Waals surface area (Å²) in [4.78, 5) is 15.4. The van der Waals surface area contributed by atoms with Crippen LogP contribution in [0, 0.1) is 0 Å². The van der Waals surface area contributed by atoms with Crippen LogP contribution in [0.5, 0.6) is 0 Å². The Morgan fingerprint density at radius 1 is 1.18 bits per heavy atom. The molecule has 3 nitrogen and oxygen atoms in total. The number of thiocarbonyl (C=S) groups is 1. The van der Waals surface area contributed by atoms with Gasteiger partial charge in [0.15, 0.2) is 0 Å². The van der Waals surface area contributed by atoms with Crippen LogP contribution in [0.1, 0.15) is 40.5 Å². The third-order valence-corrected chi connectivity index (χ3v) is 4.27. The topological polar surface area (TPSA) is 23.6 Å². The standard InChI is InChI=1S/C12H24N2OS2/c1-7-9(3)14(10(4)8-2)12(16)17-11(15)13(5)6/h9-10H,7-8H2,1-6H3. The van der Waals surface area contributed by atoms with Crippen LogP contribution >= 0.6 is 24.0 Å². The molecule has 0 saturated heterocycles. The fourth-order valence-electron chi connectivity index (χ4n) is 1.41. The van der Waals surface area contributed by atoms with E-state index in [-0.39, 0.29) is 5.24 Å². The lowest BCUT2D eigenvalue weighted by atomic mass is 10.1. The van der Waals surface area contributed by atoms with E-state index in [4.69, 9.17) is 12.2 Å². The first-order chi connectivity index (χ1) is 7.84. The van der Waals surface area contributed by atoms with Crippen molar-refractivity contribution in [3.8, 4) is 0 Å². The summed E-state index contributed by atoms with van der Waals surface area (Å²) < 4.78 is 0.687. The first-order valence-electron chi connectivity index (χ1n) is 6.06. The van der Waals surface area contributed by atoms with Crippen LogP contribution in [-0.4, -0.2) is 45.5 Å². The summed E-state index contributed by atoms with van der Waals surface area (Å²) in [6, 6.07) is 0.750. The van der Waals surface area contributed by atoms with Crippen LogP contribution < -0.4 is 0 Å². The highest BCUT2D eigenvalue weighted by molar-refractivity contribution is 8.32. The Morgan fingerprint density at radius 2 is 1.59 bits per heavy atom. The van der Waals surface area contributed by atoms with E-state index < -0.39 is 0 Å². The van der Waals surface area contributed by atoms with Crippen molar-refractivity contribution in [3.05, 3.63) is 0 Å². The molecule has 0 aliphatic heterocycles. The van der Waals surface area contributed by atoms with Gasteiger partial charge in [0.1, 0.15) is 4.32 Å². The Hall–Kier alpha value is -0.290. The zero-order chi connectivity index (χ0) is 13.6. The number of amides is 1. The summed E-state index contributed by atoms with van der Waals surface area (Å²) >= 11 is 6.54. The fraction of sp³-hybridized carbons (Fsp3) is 0.833. The number of carbonyl (C=O) groups is 1. The third-order valence-electron chi connectivity index (χ3n) is 2.88. The maximum Gasteiger partial charge on any atom is 0.288 e. The smallest absolute Gasteiger partial charge is 0.288 e. The van der Waals surface area contributed by atoms with E-state index in [1.165, 1.54) is 0 Å². The van der Waals surface area contributed by atoms with Crippen molar-refractivity contribution in [1.82, 2.24) is 9.80 Å². The molecular weight excluding hydrogens is 252 g/mol. The molecule has 0 bridgehead atoms. The van der Waals surface area contributed by atoms with Gasteiger partial charge >= 0.3 is 0 Å². The first-order valence-corrected chi connectivity index (χ1v) is 7.28. The Morgan fingerprint density at radius 3 is 1.88 bits per heavy atom. The second kappa shape index (κ2) is 7.93. The van der Waals surface area contributed by atoms with Gasteiger partial charge in [-0.25, -0.2) is 0 Å². The molecule has 100 valence electrons. The van der Waals surface area contributed by atoms with Crippen LogP contribution in [0.4, 0.5) is 4.79 Å². The highest BCUT2D eigenvalue weighted by atomic mass is 32.2. The average Bonchev–Trinajstić information content (AvgIpc) is 2.28. The van der Waals surface area contributed by atoms with Gasteiger partial charge in [0.25, 0.3) is 5.24 Å². The lowest BCUT2D eigenvalue weighted by Gasteiger charge is -2.35. The van der Waals surface area contributed by atoms with Crippen LogP contribution in [0.25, 0.3) is 0 Å². The van der Waals surface area contributed by atoms with Gasteiger partial charge in [-0.05, 0) is 26.7 Å². The summed E-state index contributed by atoms with van der Waals surface area (Å²) in [6.45, 7) is 8.58. The van der Waals surface area contributed by atoms with E-state index in [2.05, 4.69) is 32.6 Å². The highest BCUT2D eigenvalue weighted by Gasteiger charge is 2.23. The lowest BCUT2D eigenvalue weighted by molar-refractivity contribution is 0.241. The van der Waals surface area contributed by atoms with Crippen LogP contribution in [0.3, 0.4) is 0 Å². The minimum Gasteiger partial charge on any atom is -0.352 e. The predicted molar refractivity (Wildman–Crippen MR) is 80.6 cm³/mol. The molecule has 1 amide bonds. The fourth-order valence-corrected chi connectivity index (χ4v) is 2.78. The summed E-state index contributed by atoms with van der Waals surface area (Å²) in [5.74, 6) is 0. The number of nitrogens with zero attached hydrogens (tertiary/aromatic N) is 2. The van der Waals surface area contributed by atoms with Gasteiger partial charge in [-0.1, -0.05) is 26.1 Å². The Balaban J connectivity index is 4.70. The number of rotatable bonds is 4. The largest absolute Gasteiger partial charge is 0.352 e. The maximum absolute atomic E-state index is 11.7. The van der Waals surface area contributed by atoms with Gasteiger partial charge in [0.2, 0.25) is 0 Å². The molecular formula is C12H24N2OS2. The van der Waals surface area contributed by atoms with Gasteiger partial charge in [-0.2, -0.15) is 0 Å². The molecule has 2 atom stereocenters.